The van der Waals surface area contributed by atoms with Crippen molar-refractivity contribution in [1.29, 1.82) is 0 Å². The van der Waals surface area contributed by atoms with Crippen LogP contribution >= 0.6 is 11.5 Å². The van der Waals surface area contributed by atoms with Gasteiger partial charge in [0.05, 0.1) is 23.7 Å². The smallest absolute Gasteiger partial charge is 0.124 e. The summed E-state index contributed by atoms with van der Waals surface area (Å²) in [6.45, 7) is 6.14. The van der Waals surface area contributed by atoms with E-state index in [2.05, 4.69) is 15.0 Å². The average Bonchev–Trinajstić information content (AvgIpc) is 2.89. The van der Waals surface area contributed by atoms with Gasteiger partial charge in [-0.3, -0.25) is 5.84 Å². The minimum atomic E-state index is -0.426. The van der Waals surface area contributed by atoms with Crippen LogP contribution in [0.25, 0.3) is 0 Å². The summed E-state index contributed by atoms with van der Waals surface area (Å²) in [5.41, 5.74) is 3.99. The fourth-order valence-corrected chi connectivity index (χ4v) is 3.09. The third kappa shape index (κ3) is 3.20. The van der Waals surface area contributed by atoms with E-state index in [0.29, 0.717) is 11.3 Å². The first-order chi connectivity index (χ1) is 9.88. The van der Waals surface area contributed by atoms with Crippen LogP contribution in [0.4, 0.5) is 4.39 Å². The molecule has 1 atom stereocenters. The second-order valence-electron chi connectivity index (χ2n) is 5.72. The third-order valence-corrected chi connectivity index (χ3v) is 3.94. The summed E-state index contributed by atoms with van der Waals surface area (Å²) < 4.78 is 22.9. The van der Waals surface area contributed by atoms with Crippen LogP contribution in [0.5, 0.6) is 5.75 Å². The minimum Gasteiger partial charge on any atom is -0.496 e. The number of rotatable bonds is 4. The van der Waals surface area contributed by atoms with Gasteiger partial charge in [0, 0.05) is 11.0 Å². The number of hydrogen-bond acceptors (Lipinski definition) is 6. The van der Waals surface area contributed by atoms with Gasteiger partial charge in [-0.2, -0.15) is 0 Å². The molecule has 0 aliphatic heterocycles. The number of hydrazine groups is 1. The molecule has 0 fully saturated rings. The predicted molar refractivity (Wildman–Crippen MR) is 80.7 cm³/mol. The van der Waals surface area contributed by atoms with Crippen molar-refractivity contribution < 1.29 is 9.13 Å². The lowest BCUT2D eigenvalue weighted by Gasteiger charge is -2.22. The van der Waals surface area contributed by atoms with Crippen molar-refractivity contribution in [3.8, 4) is 5.75 Å². The fourth-order valence-electron chi connectivity index (χ4n) is 2.14. The Hall–Kier alpha value is -1.57. The number of aromatic nitrogens is 2. The molecular formula is C14H19FN4OS. The van der Waals surface area contributed by atoms with Crippen molar-refractivity contribution in [2.24, 2.45) is 5.84 Å². The Kier molecular flexibility index (Phi) is 4.55. The highest BCUT2D eigenvalue weighted by Gasteiger charge is 2.29. The normalized spacial score (nSPS) is 13.2. The number of nitrogens with two attached hydrogens (primary N) is 1. The SMILES string of the molecule is COc1ccc(F)cc1C(NN)c1snnc1C(C)(C)C. The number of hydrogen-bond donors (Lipinski definition) is 2. The molecule has 3 N–H and O–H groups in total. The summed E-state index contributed by atoms with van der Waals surface area (Å²) >= 11 is 1.25. The number of nitrogens with zero attached hydrogens (tertiary/aromatic N) is 2. The van der Waals surface area contributed by atoms with E-state index in [1.807, 2.05) is 20.8 Å². The number of benzene rings is 1. The van der Waals surface area contributed by atoms with Gasteiger partial charge in [-0.15, -0.1) is 5.10 Å². The van der Waals surface area contributed by atoms with Crippen LogP contribution in [-0.2, 0) is 5.41 Å². The molecule has 1 heterocycles. The van der Waals surface area contributed by atoms with Crippen LogP contribution < -0.4 is 16.0 Å². The van der Waals surface area contributed by atoms with Gasteiger partial charge in [0.1, 0.15) is 11.6 Å². The van der Waals surface area contributed by atoms with Gasteiger partial charge in [0.15, 0.2) is 0 Å². The Labute approximate surface area is 127 Å². The molecule has 0 saturated carbocycles. The van der Waals surface area contributed by atoms with E-state index in [-0.39, 0.29) is 11.2 Å². The number of halogens is 1. The second-order valence-corrected chi connectivity index (χ2v) is 6.51. The number of methoxy groups -OCH3 is 1. The topological polar surface area (TPSA) is 73.1 Å². The molecule has 114 valence electrons. The van der Waals surface area contributed by atoms with E-state index < -0.39 is 6.04 Å². The van der Waals surface area contributed by atoms with Gasteiger partial charge in [-0.05, 0) is 29.7 Å². The van der Waals surface area contributed by atoms with Crippen molar-refractivity contribution in [2.45, 2.75) is 32.2 Å². The maximum atomic E-state index is 13.6. The molecule has 2 rings (SSSR count). The molecule has 5 nitrogen and oxygen atoms in total. The summed E-state index contributed by atoms with van der Waals surface area (Å²) in [6, 6.07) is 3.92. The molecule has 0 aliphatic carbocycles. The molecule has 1 aromatic heterocycles. The van der Waals surface area contributed by atoms with Crippen LogP contribution in [0.15, 0.2) is 18.2 Å². The quantitative estimate of drug-likeness (QED) is 0.670. The molecule has 0 saturated heterocycles. The highest BCUT2D eigenvalue weighted by Crippen LogP contribution is 2.36. The summed E-state index contributed by atoms with van der Waals surface area (Å²) in [5, 5.41) is 4.20. The zero-order chi connectivity index (χ0) is 15.6. The minimum absolute atomic E-state index is 0.183. The lowest BCUT2D eigenvalue weighted by Crippen LogP contribution is -2.30. The Morgan fingerprint density at radius 1 is 1.38 bits per heavy atom. The van der Waals surface area contributed by atoms with E-state index >= 15 is 0 Å². The summed E-state index contributed by atoms with van der Waals surface area (Å²) in [5.74, 6) is 5.92. The predicted octanol–water partition coefficient (Wildman–Crippen LogP) is 2.54. The summed E-state index contributed by atoms with van der Waals surface area (Å²) in [6.07, 6.45) is 0. The molecule has 0 spiro atoms. The van der Waals surface area contributed by atoms with E-state index in [9.17, 15) is 4.39 Å². The van der Waals surface area contributed by atoms with Crippen molar-refractivity contribution in [3.63, 3.8) is 0 Å². The van der Waals surface area contributed by atoms with E-state index in [1.165, 1.54) is 23.7 Å². The maximum absolute atomic E-state index is 13.6. The molecular weight excluding hydrogens is 291 g/mol. The van der Waals surface area contributed by atoms with E-state index in [1.54, 1.807) is 13.2 Å². The van der Waals surface area contributed by atoms with Crippen LogP contribution in [-0.4, -0.2) is 16.7 Å². The van der Waals surface area contributed by atoms with Crippen molar-refractivity contribution in [2.75, 3.05) is 7.11 Å². The Morgan fingerprint density at radius 2 is 2.10 bits per heavy atom. The number of nitrogens with one attached hydrogen (secondary N) is 1. The third-order valence-electron chi connectivity index (χ3n) is 3.16. The van der Waals surface area contributed by atoms with Crippen LogP contribution in [0.1, 0.15) is 42.9 Å². The molecule has 0 amide bonds. The molecule has 0 radical (unpaired) electrons. The molecule has 1 unspecified atom stereocenters. The van der Waals surface area contributed by atoms with Crippen LogP contribution in [0.2, 0.25) is 0 Å². The fraction of sp³-hybridized carbons (Fsp3) is 0.429. The molecule has 7 heteroatoms. The molecule has 1 aromatic carbocycles. The molecule has 0 aliphatic rings. The standard InChI is InChI=1S/C14H19FN4OS/c1-14(2,3)13-12(21-19-18-13)11(17-16)9-7-8(15)5-6-10(9)20-4/h5-7,11,17H,16H2,1-4H3. The van der Waals surface area contributed by atoms with Gasteiger partial charge < -0.3 is 4.74 Å². The van der Waals surface area contributed by atoms with Gasteiger partial charge in [-0.25, -0.2) is 9.82 Å². The van der Waals surface area contributed by atoms with Gasteiger partial charge in [-0.1, -0.05) is 25.3 Å². The first-order valence-corrected chi connectivity index (χ1v) is 7.28. The zero-order valence-electron chi connectivity index (χ0n) is 12.5. The van der Waals surface area contributed by atoms with E-state index in [0.717, 1.165) is 10.6 Å². The van der Waals surface area contributed by atoms with Gasteiger partial charge >= 0.3 is 0 Å². The lowest BCUT2D eigenvalue weighted by atomic mass is 9.89. The monoisotopic (exact) mass is 310 g/mol. The van der Waals surface area contributed by atoms with Crippen molar-refractivity contribution >= 4 is 11.5 Å². The molecule has 0 bridgehead atoms. The second kappa shape index (κ2) is 6.05. The summed E-state index contributed by atoms with van der Waals surface area (Å²) in [7, 11) is 1.54. The average molecular weight is 310 g/mol. The van der Waals surface area contributed by atoms with Crippen molar-refractivity contribution in [1.82, 2.24) is 15.0 Å². The first-order valence-electron chi connectivity index (χ1n) is 6.50. The van der Waals surface area contributed by atoms with Crippen molar-refractivity contribution in [3.05, 3.63) is 40.2 Å². The van der Waals surface area contributed by atoms with Crippen LogP contribution in [0.3, 0.4) is 0 Å². The Bertz CT molecular complexity index is 624. The van der Waals surface area contributed by atoms with Crippen LogP contribution in [0, 0.1) is 5.82 Å². The summed E-state index contributed by atoms with van der Waals surface area (Å²) in [4.78, 5) is 0.855. The lowest BCUT2D eigenvalue weighted by molar-refractivity contribution is 0.402. The van der Waals surface area contributed by atoms with E-state index in [4.69, 9.17) is 10.6 Å². The largest absolute Gasteiger partial charge is 0.496 e. The number of ether oxygens (including phenoxy) is 1. The first kappa shape index (κ1) is 15.8. The Balaban J connectivity index is 2.56. The maximum Gasteiger partial charge on any atom is 0.124 e. The zero-order valence-corrected chi connectivity index (χ0v) is 13.3. The highest BCUT2D eigenvalue weighted by molar-refractivity contribution is 7.05. The highest BCUT2D eigenvalue weighted by atomic mass is 32.1. The molecule has 21 heavy (non-hydrogen) atoms. The Morgan fingerprint density at radius 3 is 2.67 bits per heavy atom. The van der Waals surface area contributed by atoms with Gasteiger partial charge in [0.2, 0.25) is 0 Å². The van der Waals surface area contributed by atoms with Gasteiger partial charge in [0.25, 0.3) is 0 Å². The molecule has 2 aromatic rings.